The van der Waals surface area contributed by atoms with Gasteiger partial charge in [0, 0.05) is 30.1 Å². The predicted octanol–water partition coefficient (Wildman–Crippen LogP) is 1.52. The number of carbonyl (C=O) groups excluding carboxylic acids is 1. The van der Waals surface area contributed by atoms with Crippen LogP contribution in [-0.4, -0.2) is 30.8 Å². The lowest BCUT2D eigenvalue weighted by atomic mass is 10.2. The predicted molar refractivity (Wildman–Crippen MR) is 75.9 cm³/mol. The summed E-state index contributed by atoms with van der Waals surface area (Å²) < 4.78 is 5.18. The Balaban J connectivity index is 2.32. The maximum Gasteiger partial charge on any atom is 0.220 e. The van der Waals surface area contributed by atoms with Crippen LogP contribution in [0.4, 0.5) is 0 Å². The molecule has 0 bridgehead atoms. The number of hydrogen-bond donors (Lipinski definition) is 2. The molecule has 0 aliphatic heterocycles. The van der Waals surface area contributed by atoms with Gasteiger partial charge in [-0.25, -0.2) is 0 Å². The smallest absolute Gasteiger partial charge is 0.220 e. The fourth-order valence-corrected chi connectivity index (χ4v) is 2.24. The summed E-state index contributed by atoms with van der Waals surface area (Å²) in [5.41, 5.74) is 0.869. The van der Waals surface area contributed by atoms with Crippen molar-refractivity contribution < 1.29 is 14.6 Å². The first-order chi connectivity index (χ1) is 9.27. The number of nitrogens with one attached hydrogen (secondary N) is 1. The van der Waals surface area contributed by atoms with Gasteiger partial charge in [-0.05, 0) is 24.8 Å². The summed E-state index contributed by atoms with van der Waals surface area (Å²) in [7, 11) is 0. The number of thiophene rings is 1. The van der Waals surface area contributed by atoms with E-state index in [0.717, 1.165) is 16.9 Å². The maximum absolute atomic E-state index is 11.6. The van der Waals surface area contributed by atoms with E-state index in [2.05, 4.69) is 17.2 Å². The zero-order valence-electron chi connectivity index (χ0n) is 11.1. The molecule has 1 aromatic heterocycles. The molecule has 0 radical (unpaired) electrons. The number of aliphatic hydroxyl groups excluding tert-OH is 1. The standard InChI is InChI=1S/C14H19NO3S/c1-2-18-9-4-6-14(17)15-11-13-12(5-3-8-16)7-10-19-13/h7,10,16H,2,4,6,8-9,11H2,1H3,(H,15,17). The Bertz CT molecular complexity index is 445. The Hall–Kier alpha value is -1.35. The van der Waals surface area contributed by atoms with Crippen LogP contribution in [0, 0.1) is 11.8 Å². The van der Waals surface area contributed by atoms with Crippen molar-refractivity contribution in [2.45, 2.75) is 26.3 Å². The Morgan fingerprint density at radius 1 is 1.58 bits per heavy atom. The molecule has 0 unspecified atom stereocenters. The van der Waals surface area contributed by atoms with Gasteiger partial charge in [0.1, 0.15) is 6.61 Å². The molecule has 1 aromatic rings. The average molecular weight is 281 g/mol. The second kappa shape index (κ2) is 9.56. The van der Waals surface area contributed by atoms with Gasteiger partial charge in [-0.2, -0.15) is 0 Å². The van der Waals surface area contributed by atoms with Crippen molar-refractivity contribution in [1.29, 1.82) is 0 Å². The van der Waals surface area contributed by atoms with E-state index < -0.39 is 0 Å². The summed E-state index contributed by atoms with van der Waals surface area (Å²) in [6, 6.07) is 1.89. The number of rotatable bonds is 7. The minimum Gasteiger partial charge on any atom is -0.384 e. The monoisotopic (exact) mass is 281 g/mol. The van der Waals surface area contributed by atoms with Crippen molar-refractivity contribution in [2.24, 2.45) is 0 Å². The number of aliphatic hydroxyl groups is 1. The van der Waals surface area contributed by atoms with Crippen LogP contribution >= 0.6 is 11.3 Å². The first-order valence-electron chi connectivity index (χ1n) is 6.28. The molecule has 5 heteroatoms. The van der Waals surface area contributed by atoms with Gasteiger partial charge < -0.3 is 15.2 Å². The summed E-state index contributed by atoms with van der Waals surface area (Å²) in [6.07, 6.45) is 1.21. The van der Waals surface area contributed by atoms with Crippen LogP contribution in [0.5, 0.6) is 0 Å². The lowest BCUT2D eigenvalue weighted by molar-refractivity contribution is -0.121. The van der Waals surface area contributed by atoms with E-state index in [9.17, 15) is 4.79 Å². The van der Waals surface area contributed by atoms with Crippen LogP contribution in [0.3, 0.4) is 0 Å². The number of hydrogen-bond acceptors (Lipinski definition) is 4. The van der Waals surface area contributed by atoms with Gasteiger partial charge in [0.2, 0.25) is 5.91 Å². The van der Waals surface area contributed by atoms with E-state index in [1.165, 1.54) is 0 Å². The lowest BCUT2D eigenvalue weighted by Gasteiger charge is -2.04. The summed E-state index contributed by atoms with van der Waals surface area (Å²) in [5, 5.41) is 13.5. The molecule has 2 N–H and O–H groups in total. The lowest BCUT2D eigenvalue weighted by Crippen LogP contribution is -2.22. The molecule has 1 heterocycles. The first-order valence-corrected chi connectivity index (χ1v) is 7.16. The summed E-state index contributed by atoms with van der Waals surface area (Å²) in [4.78, 5) is 12.6. The number of ether oxygens (including phenoxy) is 1. The fourth-order valence-electron chi connectivity index (χ4n) is 1.47. The van der Waals surface area contributed by atoms with Crippen LogP contribution in [0.15, 0.2) is 11.4 Å². The van der Waals surface area contributed by atoms with Gasteiger partial charge in [0.25, 0.3) is 0 Å². The van der Waals surface area contributed by atoms with E-state index in [-0.39, 0.29) is 12.5 Å². The summed E-state index contributed by atoms with van der Waals surface area (Å²) in [5.74, 6) is 5.50. The van der Waals surface area contributed by atoms with Crippen molar-refractivity contribution in [3.8, 4) is 11.8 Å². The maximum atomic E-state index is 11.6. The zero-order valence-corrected chi connectivity index (χ0v) is 11.9. The summed E-state index contributed by atoms with van der Waals surface area (Å²) in [6.45, 7) is 3.57. The molecule has 0 spiro atoms. The molecule has 0 fully saturated rings. The van der Waals surface area contributed by atoms with Crippen LogP contribution in [0.1, 0.15) is 30.2 Å². The van der Waals surface area contributed by atoms with Crippen molar-refractivity contribution >= 4 is 17.2 Å². The highest BCUT2D eigenvalue weighted by molar-refractivity contribution is 7.10. The van der Waals surface area contributed by atoms with Gasteiger partial charge in [0.15, 0.2) is 0 Å². The van der Waals surface area contributed by atoms with Crippen LogP contribution in [0.25, 0.3) is 0 Å². The second-order valence-electron chi connectivity index (χ2n) is 3.79. The van der Waals surface area contributed by atoms with Crippen molar-refractivity contribution in [3.05, 3.63) is 21.9 Å². The first kappa shape index (κ1) is 15.7. The van der Waals surface area contributed by atoms with Gasteiger partial charge in [-0.1, -0.05) is 11.8 Å². The van der Waals surface area contributed by atoms with Gasteiger partial charge in [0.05, 0.1) is 6.54 Å². The Labute approximate surface area is 117 Å². The topological polar surface area (TPSA) is 58.6 Å². The van der Waals surface area contributed by atoms with Crippen molar-refractivity contribution in [3.63, 3.8) is 0 Å². The third-order valence-electron chi connectivity index (χ3n) is 2.39. The molecule has 0 saturated carbocycles. The molecule has 19 heavy (non-hydrogen) atoms. The Kier molecular flexibility index (Phi) is 7.91. The normalized spacial score (nSPS) is 9.79. The number of amides is 1. The highest BCUT2D eigenvalue weighted by Gasteiger charge is 2.05. The van der Waals surface area contributed by atoms with Crippen molar-refractivity contribution in [2.75, 3.05) is 19.8 Å². The Morgan fingerprint density at radius 3 is 3.16 bits per heavy atom. The van der Waals surface area contributed by atoms with E-state index in [4.69, 9.17) is 9.84 Å². The van der Waals surface area contributed by atoms with Gasteiger partial charge in [-0.3, -0.25) is 4.79 Å². The molecule has 0 aliphatic carbocycles. The molecule has 1 amide bonds. The summed E-state index contributed by atoms with van der Waals surface area (Å²) >= 11 is 1.55. The van der Waals surface area contributed by atoms with E-state index >= 15 is 0 Å². The minimum atomic E-state index is -0.154. The molecule has 104 valence electrons. The molecule has 0 aliphatic rings. The molecule has 4 nitrogen and oxygen atoms in total. The SMILES string of the molecule is CCOCCCC(=O)NCc1sccc1C#CCO. The van der Waals surface area contributed by atoms with E-state index in [1.807, 2.05) is 18.4 Å². The largest absolute Gasteiger partial charge is 0.384 e. The second-order valence-corrected chi connectivity index (χ2v) is 4.80. The average Bonchev–Trinajstić information content (AvgIpc) is 2.86. The molecule has 1 rings (SSSR count). The zero-order chi connectivity index (χ0) is 13.9. The minimum absolute atomic E-state index is 0.0224. The Morgan fingerprint density at radius 2 is 2.42 bits per heavy atom. The van der Waals surface area contributed by atoms with E-state index in [0.29, 0.717) is 26.2 Å². The van der Waals surface area contributed by atoms with Gasteiger partial charge >= 0.3 is 0 Å². The van der Waals surface area contributed by atoms with Crippen LogP contribution < -0.4 is 5.32 Å². The molecule has 0 aromatic carbocycles. The third-order valence-corrected chi connectivity index (χ3v) is 3.31. The highest BCUT2D eigenvalue weighted by Crippen LogP contribution is 2.15. The molecular weight excluding hydrogens is 262 g/mol. The molecular formula is C14H19NO3S. The van der Waals surface area contributed by atoms with Crippen molar-refractivity contribution in [1.82, 2.24) is 5.32 Å². The van der Waals surface area contributed by atoms with E-state index in [1.54, 1.807) is 11.3 Å². The molecule has 0 atom stereocenters. The van der Waals surface area contributed by atoms with Crippen LogP contribution in [-0.2, 0) is 16.1 Å². The third kappa shape index (κ3) is 6.39. The number of carbonyl (C=O) groups is 1. The quantitative estimate of drug-likeness (QED) is 0.588. The van der Waals surface area contributed by atoms with Gasteiger partial charge in [-0.15, -0.1) is 11.3 Å². The molecule has 0 saturated heterocycles. The van der Waals surface area contributed by atoms with Crippen LogP contribution in [0.2, 0.25) is 0 Å². The highest BCUT2D eigenvalue weighted by atomic mass is 32.1. The fraction of sp³-hybridized carbons (Fsp3) is 0.500.